The van der Waals surface area contributed by atoms with Crippen LogP contribution in [0.5, 0.6) is 0 Å². The van der Waals surface area contributed by atoms with Crippen molar-refractivity contribution in [3.8, 4) is 0 Å². The summed E-state index contributed by atoms with van der Waals surface area (Å²) in [5.41, 5.74) is -0.489. The lowest BCUT2D eigenvalue weighted by Crippen LogP contribution is -2.35. The van der Waals surface area contributed by atoms with Gasteiger partial charge in [-0.25, -0.2) is 0 Å². The van der Waals surface area contributed by atoms with Gasteiger partial charge in [-0.3, -0.25) is 9.59 Å². The third-order valence-corrected chi connectivity index (χ3v) is 3.95. The summed E-state index contributed by atoms with van der Waals surface area (Å²) in [4.78, 5) is 24.4. The minimum Gasteiger partial charge on any atom is -0.299 e. The Hall–Kier alpha value is -0.660. The van der Waals surface area contributed by atoms with E-state index in [2.05, 4.69) is 0 Å². The summed E-state index contributed by atoms with van der Waals surface area (Å²) in [5, 5.41) is 0. The fourth-order valence-electron chi connectivity index (χ4n) is 2.84. The molecule has 0 radical (unpaired) electrons. The maximum absolute atomic E-state index is 12.2. The summed E-state index contributed by atoms with van der Waals surface area (Å²) in [6.45, 7) is 11.9. The Balaban J connectivity index is 2.57. The number of carbonyl (C=O) groups excluding carboxylic acids is 2. The summed E-state index contributed by atoms with van der Waals surface area (Å²) >= 11 is 0. The first-order chi connectivity index (χ1) is 8.03. The predicted octanol–water partition coefficient (Wildman–Crippen LogP) is 4.02. The predicted molar refractivity (Wildman–Crippen MR) is 74.4 cm³/mol. The van der Waals surface area contributed by atoms with E-state index in [-0.39, 0.29) is 22.7 Å². The molecule has 104 valence electrons. The molecule has 0 amide bonds. The lowest BCUT2D eigenvalue weighted by atomic mass is 9.70. The van der Waals surface area contributed by atoms with E-state index in [1.165, 1.54) is 0 Å². The molecule has 2 nitrogen and oxygen atoms in total. The molecular weight excluding hydrogens is 224 g/mol. The summed E-state index contributed by atoms with van der Waals surface area (Å²) in [5.74, 6) is 1.08. The summed E-state index contributed by atoms with van der Waals surface area (Å²) in [6, 6.07) is 0. The van der Waals surface area contributed by atoms with E-state index >= 15 is 0 Å². The van der Waals surface area contributed by atoms with E-state index in [4.69, 9.17) is 0 Å². The fraction of sp³-hybridized carbons (Fsp3) is 0.875. The van der Waals surface area contributed by atoms with Crippen LogP contribution in [0.25, 0.3) is 0 Å². The van der Waals surface area contributed by atoms with E-state index in [0.717, 1.165) is 25.7 Å². The molecule has 0 aliphatic heterocycles. The zero-order valence-corrected chi connectivity index (χ0v) is 12.8. The van der Waals surface area contributed by atoms with Gasteiger partial charge in [0, 0.05) is 22.7 Å². The fourth-order valence-corrected chi connectivity index (χ4v) is 2.84. The van der Waals surface area contributed by atoms with E-state index < -0.39 is 0 Å². The lowest BCUT2D eigenvalue weighted by Gasteiger charge is -2.33. The Morgan fingerprint density at radius 1 is 0.667 bits per heavy atom. The molecule has 1 rings (SSSR count). The molecule has 1 aliphatic rings. The molecule has 0 bridgehead atoms. The smallest absolute Gasteiger partial charge is 0.141 e. The molecule has 0 saturated heterocycles. The molecule has 1 aliphatic carbocycles. The molecule has 1 fully saturated rings. The van der Waals surface area contributed by atoms with Gasteiger partial charge in [-0.1, -0.05) is 41.5 Å². The Morgan fingerprint density at radius 3 is 1.06 bits per heavy atom. The minimum atomic E-state index is -0.245. The average Bonchev–Trinajstić information content (AvgIpc) is 2.25. The molecule has 18 heavy (non-hydrogen) atoms. The highest BCUT2D eigenvalue weighted by molar-refractivity contribution is 5.88. The van der Waals surface area contributed by atoms with Crippen LogP contribution in [-0.4, -0.2) is 11.6 Å². The maximum atomic E-state index is 12.2. The second kappa shape index (κ2) is 5.14. The normalized spacial score (nSPS) is 25.9. The first-order valence-corrected chi connectivity index (χ1v) is 7.12. The highest BCUT2D eigenvalue weighted by Crippen LogP contribution is 2.37. The van der Waals surface area contributed by atoms with Crippen molar-refractivity contribution >= 4 is 11.6 Å². The standard InChI is InChI=1S/C16H28O2/c1-15(2,3)13(17)11-7-9-12(10-8-11)14(18)16(4,5)6/h11-12H,7-10H2,1-6H3/t11-,12+. The first kappa shape index (κ1) is 15.4. The topological polar surface area (TPSA) is 34.1 Å². The zero-order chi connectivity index (χ0) is 14.1. The zero-order valence-electron chi connectivity index (χ0n) is 12.8. The summed E-state index contributed by atoms with van der Waals surface area (Å²) < 4.78 is 0. The number of ketones is 2. The summed E-state index contributed by atoms with van der Waals surface area (Å²) in [7, 11) is 0. The van der Waals surface area contributed by atoms with Crippen molar-refractivity contribution < 1.29 is 9.59 Å². The van der Waals surface area contributed by atoms with Gasteiger partial charge in [0.05, 0.1) is 0 Å². The molecular formula is C16H28O2. The molecule has 0 atom stereocenters. The number of hydrogen-bond acceptors (Lipinski definition) is 2. The van der Waals surface area contributed by atoms with Crippen LogP contribution in [-0.2, 0) is 9.59 Å². The van der Waals surface area contributed by atoms with Gasteiger partial charge in [0.1, 0.15) is 11.6 Å². The van der Waals surface area contributed by atoms with Crippen molar-refractivity contribution in [3.63, 3.8) is 0 Å². The van der Waals surface area contributed by atoms with Gasteiger partial charge in [0.2, 0.25) is 0 Å². The Labute approximate surface area is 112 Å². The van der Waals surface area contributed by atoms with E-state index in [1.807, 2.05) is 41.5 Å². The molecule has 0 aromatic rings. The molecule has 1 saturated carbocycles. The third kappa shape index (κ3) is 3.66. The van der Waals surface area contributed by atoms with Crippen molar-refractivity contribution in [1.29, 1.82) is 0 Å². The van der Waals surface area contributed by atoms with Crippen LogP contribution in [0.1, 0.15) is 67.2 Å². The van der Waals surface area contributed by atoms with Crippen molar-refractivity contribution in [2.24, 2.45) is 22.7 Å². The third-order valence-electron chi connectivity index (χ3n) is 3.95. The largest absolute Gasteiger partial charge is 0.299 e. The first-order valence-electron chi connectivity index (χ1n) is 7.12. The molecule has 0 unspecified atom stereocenters. The van der Waals surface area contributed by atoms with Crippen molar-refractivity contribution in [1.82, 2.24) is 0 Å². The van der Waals surface area contributed by atoms with Gasteiger partial charge >= 0.3 is 0 Å². The Bertz CT molecular complexity index is 286. The average molecular weight is 252 g/mol. The van der Waals surface area contributed by atoms with Crippen LogP contribution < -0.4 is 0 Å². The molecule has 0 spiro atoms. The van der Waals surface area contributed by atoms with Crippen LogP contribution in [0.2, 0.25) is 0 Å². The Morgan fingerprint density at radius 2 is 0.889 bits per heavy atom. The molecule has 0 aromatic heterocycles. The van der Waals surface area contributed by atoms with Gasteiger partial charge in [-0.15, -0.1) is 0 Å². The molecule has 0 heterocycles. The number of hydrogen-bond donors (Lipinski definition) is 0. The quantitative estimate of drug-likeness (QED) is 0.743. The van der Waals surface area contributed by atoms with Crippen LogP contribution in [0.4, 0.5) is 0 Å². The van der Waals surface area contributed by atoms with Crippen LogP contribution in [0, 0.1) is 22.7 Å². The van der Waals surface area contributed by atoms with Crippen molar-refractivity contribution in [2.75, 3.05) is 0 Å². The maximum Gasteiger partial charge on any atom is 0.141 e. The number of carbonyl (C=O) groups is 2. The molecule has 2 heteroatoms. The minimum absolute atomic E-state index is 0.175. The lowest BCUT2D eigenvalue weighted by molar-refractivity contribution is -0.136. The van der Waals surface area contributed by atoms with Gasteiger partial charge < -0.3 is 0 Å². The monoisotopic (exact) mass is 252 g/mol. The highest BCUT2D eigenvalue weighted by atomic mass is 16.1. The van der Waals surface area contributed by atoms with Gasteiger partial charge in [0.15, 0.2) is 0 Å². The Kier molecular flexibility index (Phi) is 4.40. The highest BCUT2D eigenvalue weighted by Gasteiger charge is 2.37. The van der Waals surface area contributed by atoms with E-state index in [1.54, 1.807) is 0 Å². The van der Waals surface area contributed by atoms with Crippen LogP contribution >= 0.6 is 0 Å². The molecule has 0 N–H and O–H groups in total. The SMILES string of the molecule is CC(C)(C)C(=O)[C@H]1CC[C@@H](C(=O)C(C)(C)C)CC1. The number of Topliss-reactive ketones (excluding diaryl/α,β-unsaturated/α-hetero) is 2. The second-order valence-electron chi connectivity index (χ2n) is 7.78. The van der Waals surface area contributed by atoms with Gasteiger partial charge in [0.25, 0.3) is 0 Å². The van der Waals surface area contributed by atoms with Crippen molar-refractivity contribution in [3.05, 3.63) is 0 Å². The van der Waals surface area contributed by atoms with Crippen molar-refractivity contribution in [2.45, 2.75) is 67.2 Å². The second-order valence-corrected chi connectivity index (χ2v) is 7.78. The van der Waals surface area contributed by atoms with Gasteiger partial charge in [-0.2, -0.15) is 0 Å². The van der Waals surface area contributed by atoms with Crippen LogP contribution in [0.15, 0.2) is 0 Å². The molecule has 0 aromatic carbocycles. The van der Waals surface area contributed by atoms with E-state index in [0.29, 0.717) is 11.6 Å². The van der Waals surface area contributed by atoms with E-state index in [9.17, 15) is 9.59 Å². The number of rotatable bonds is 2. The van der Waals surface area contributed by atoms with Crippen LogP contribution in [0.3, 0.4) is 0 Å². The summed E-state index contributed by atoms with van der Waals surface area (Å²) in [6.07, 6.45) is 3.57. The van der Waals surface area contributed by atoms with Gasteiger partial charge in [-0.05, 0) is 25.7 Å².